The Kier molecular flexibility index (Phi) is 5.82. The molecule has 1 saturated heterocycles. The number of amides is 1. The molecule has 0 saturated carbocycles. The standard InChI is InChI=1S/C28H23N3O5/c1-30-12-13-36-23-11-8-19(15-22(23)30)26(32)24-25(18-4-3-5-21(14-18)35-2)31(28(34)27(24)33)20-9-6-17(16-29)7-10-20/h3-11,14-15,25,32H,12-13H2,1-2H3/b26-24-. The molecule has 36 heavy (non-hydrogen) atoms. The minimum absolute atomic E-state index is 0.0306. The van der Waals surface area contributed by atoms with E-state index >= 15 is 0 Å². The summed E-state index contributed by atoms with van der Waals surface area (Å²) in [5, 5.41) is 20.6. The number of aliphatic hydroxyl groups excluding tert-OH is 1. The van der Waals surface area contributed by atoms with Crippen LogP contribution in [0.5, 0.6) is 11.5 Å². The maximum Gasteiger partial charge on any atom is 0.300 e. The average molecular weight is 482 g/mol. The number of anilines is 2. The van der Waals surface area contributed by atoms with Crippen molar-refractivity contribution in [3.8, 4) is 17.6 Å². The summed E-state index contributed by atoms with van der Waals surface area (Å²) in [7, 11) is 3.45. The van der Waals surface area contributed by atoms with Gasteiger partial charge in [-0.3, -0.25) is 14.5 Å². The van der Waals surface area contributed by atoms with E-state index < -0.39 is 17.7 Å². The highest BCUT2D eigenvalue weighted by Crippen LogP contribution is 2.43. The summed E-state index contributed by atoms with van der Waals surface area (Å²) >= 11 is 0. The van der Waals surface area contributed by atoms with Crippen molar-refractivity contribution in [3.05, 3.63) is 89.0 Å². The molecule has 0 bridgehead atoms. The van der Waals surface area contributed by atoms with Crippen LogP contribution < -0.4 is 19.3 Å². The Labute approximate surface area is 208 Å². The smallest absolute Gasteiger partial charge is 0.300 e. The van der Waals surface area contributed by atoms with E-state index in [0.29, 0.717) is 47.0 Å². The van der Waals surface area contributed by atoms with Crippen LogP contribution in [-0.2, 0) is 9.59 Å². The highest BCUT2D eigenvalue weighted by Gasteiger charge is 2.47. The minimum Gasteiger partial charge on any atom is -0.507 e. The number of nitrogens with zero attached hydrogens (tertiary/aromatic N) is 3. The van der Waals surface area contributed by atoms with Gasteiger partial charge in [0.1, 0.15) is 23.9 Å². The molecule has 180 valence electrons. The molecular formula is C28H23N3O5. The molecule has 8 heteroatoms. The summed E-state index contributed by atoms with van der Waals surface area (Å²) in [6.07, 6.45) is 0. The van der Waals surface area contributed by atoms with Crippen molar-refractivity contribution in [2.45, 2.75) is 6.04 Å². The van der Waals surface area contributed by atoms with Crippen molar-refractivity contribution >= 4 is 28.8 Å². The second-order valence-electron chi connectivity index (χ2n) is 8.56. The van der Waals surface area contributed by atoms with Gasteiger partial charge >= 0.3 is 0 Å². The molecule has 5 rings (SSSR count). The summed E-state index contributed by atoms with van der Waals surface area (Å²) in [4.78, 5) is 30.1. The zero-order valence-corrected chi connectivity index (χ0v) is 19.8. The lowest BCUT2D eigenvalue weighted by Crippen LogP contribution is -2.29. The molecule has 2 aliphatic rings. The van der Waals surface area contributed by atoms with Crippen molar-refractivity contribution in [2.24, 2.45) is 0 Å². The lowest BCUT2D eigenvalue weighted by molar-refractivity contribution is -0.132. The lowest BCUT2D eigenvalue weighted by Gasteiger charge is -2.28. The normalized spacial score (nSPS) is 18.4. The Morgan fingerprint density at radius 2 is 1.89 bits per heavy atom. The number of fused-ring (bicyclic) bond motifs is 1. The second kappa shape index (κ2) is 9.12. The van der Waals surface area contributed by atoms with Gasteiger partial charge in [0.25, 0.3) is 11.7 Å². The van der Waals surface area contributed by atoms with Gasteiger partial charge in [-0.2, -0.15) is 5.26 Å². The average Bonchev–Trinajstić information content (AvgIpc) is 3.18. The van der Waals surface area contributed by atoms with Crippen LogP contribution in [0.15, 0.2) is 72.3 Å². The number of ketones is 1. The molecule has 0 aromatic heterocycles. The molecule has 1 atom stereocenters. The number of methoxy groups -OCH3 is 1. The number of benzene rings is 3. The number of hydrogen-bond acceptors (Lipinski definition) is 7. The predicted octanol–water partition coefficient (Wildman–Crippen LogP) is 4.02. The minimum atomic E-state index is -0.905. The molecule has 2 heterocycles. The number of nitriles is 1. The van der Waals surface area contributed by atoms with E-state index in [1.807, 2.05) is 18.0 Å². The third-order valence-electron chi connectivity index (χ3n) is 6.46. The van der Waals surface area contributed by atoms with E-state index in [9.17, 15) is 14.7 Å². The van der Waals surface area contributed by atoms with E-state index in [-0.39, 0.29) is 11.3 Å². The fourth-order valence-corrected chi connectivity index (χ4v) is 4.58. The molecule has 1 N–H and O–H groups in total. The SMILES string of the molecule is COc1cccc(C2/C(=C(/O)c3ccc4c(c3)N(C)CCO4)C(=O)C(=O)N2c2ccc(C#N)cc2)c1. The molecule has 0 spiro atoms. The van der Waals surface area contributed by atoms with E-state index in [1.165, 1.54) is 12.0 Å². The Morgan fingerprint density at radius 3 is 2.61 bits per heavy atom. The maximum atomic E-state index is 13.4. The topological polar surface area (TPSA) is 103 Å². The van der Waals surface area contributed by atoms with Gasteiger partial charge in [-0.25, -0.2) is 0 Å². The first-order chi connectivity index (χ1) is 17.4. The van der Waals surface area contributed by atoms with E-state index in [0.717, 1.165) is 5.69 Å². The van der Waals surface area contributed by atoms with Gasteiger partial charge in [-0.1, -0.05) is 12.1 Å². The lowest BCUT2D eigenvalue weighted by atomic mass is 9.94. The van der Waals surface area contributed by atoms with Gasteiger partial charge in [0.15, 0.2) is 0 Å². The van der Waals surface area contributed by atoms with Gasteiger partial charge in [0.05, 0.1) is 42.6 Å². The molecule has 8 nitrogen and oxygen atoms in total. The number of likely N-dealkylation sites (N-methyl/N-ethyl adjacent to an activating group) is 1. The molecular weight excluding hydrogens is 458 g/mol. The largest absolute Gasteiger partial charge is 0.507 e. The van der Waals surface area contributed by atoms with Crippen LogP contribution in [0.25, 0.3) is 5.76 Å². The van der Waals surface area contributed by atoms with Gasteiger partial charge < -0.3 is 19.5 Å². The van der Waals surface area contributed by atoms with Crippen LogP contribution in [0.3, 0.4) is 0 Å². The van der Waals surface area contributed by atoms with Crippen molar-refractivity contribution in [1.82, 2.24) is 0 Å². The quantitative estimate of drug-likeness (QED) is 0.341. The second-order valence-corrected chi connectivity index (χ2v) is 8.56. The monoisotopic (exact) mass is 481 g/mol. The fraction of sp³-hybridized carbons (Fsp3) is 0.179. The van der Waals surface area contributed by atoms with Gasteiger partial charge in [0.2, 0.25) is 0 Å². The first-order valence-electron chi connectivity index (χ1n) is 11.4. The van der Waals surface area contributed by atoms with Crippen LogP contribution in [0.4, 0.5) is 11.4 Å². The molecule has 1 unspecified atom stereocenters. The highest BCUT2D eigenvalue weighted by atomic mass is 16.5. The molecule has 0 aliphatic carbocycles. The number of rotatable bonds is 4. The Bertz CT molecular complexity index is 1440. The Hall–Kier alpha value is -4.77. The van der Waals surface area contributed by atoms with Crippen molar-refractivity contribution in [1.29, 1.82) is 5.26 Å². The summed E-state index contributed by atoms with van der Waals surface area (Å²) in [5.74, 6) is -0.619. The van der Waals surface area contributed by atoms with Crippen LogP contribution in [0.2, 0.25) is 0 Å². The summed E-state index contributed by atoms with van der Waals surface area (Å²) in [6, 6.07) is 19.7. The van der Waals surface area contributed by atoms with Crippen LogP contribution >= 0.6 is 0 Å². The van der Waals surface area contributed by atoms with Gasteiger partial charge in [0, 0.05) is 18.3 Å². The van der Waals surface area contributed by atoms with Crippen LogP contribution in [-0.4, -0.2) is 44.1 Å². The zero-order valence-electron chi connectivity index (χ0n) is 19.8. The Balaban J connectivity index is 1.70. The van der Waals surface area contributed by atoms with Crippen molar-refractivity contribution in [3.63, 3.8) is 0 Å². The molecule has 3 aromatic rings. The van der Waals surface area contributed by atoms with Crippen molar-refractivity contribution < 1.29 is 24.2 Å². The highest BCUT2D eigenvalue weighted by molar-refractivity contribution is 6.51. The van der Waals surface area contributed by atoms with E-state index in [2.05, 4.69) is 0 Å². The molecule has 1 amide bonds. The van der Waals surface area contributed by atoms with Gasteiger partial charge in [-0.05, 0) is 60.2 Å². The molecule has 1 fully saturated rings. The summed E-state index contributed by atoms with van der Waals surface area (Å²) < 4.78 is 11.1. The predicted molar refractivity (Wildman–Crippen MR) is 134 cm³/mol. The van der Waals surface area contributed by atoms with Crippen LogP contribution in [0.1, 0.15) is 22.7 Å². The third-order valence-corrected chi connectivity index (χ3v) is 6.46. The number of hydrogen-bond donors (Lipinski definition) is 1. The molecule has 3 aromatic carbocycles. The van der Waals surface area contributed by atoms with E-state index in [1.54, 1.807) is 66.7 Å². The number of carbonyl (C=O) groups is 2. The maximum absolute atomic E-state index is 13.4. The fourth-order valence-electron chi connectivity index (χ4n) is 4.58. The Morgan fingerprint density at radius 1 is 1.11 bits per heavy atom. The summed E-state index contributed by atoms with van der Waals surface area (Å²) in [5.41, 5.74) is 2.60. The van der Waals surface area contributed by atoms with Gasteiger partial charge in [-0.15, -0.1) is 0 Å². The summed E-state index contributed by atoms with van der Waals surface area (Å²) in [6.45, 7) is 1.24. The number of Topliss-reactive ketones (excluding diaryl/α,β-unsaturated/α-hetero) is 1. The first-order valence-corrected chi connectivity index (χ1v) is 11.4. The molecule has 2 aliphatic heterocycles. The first kappa shape index (κ1) is 23.0. The number of carbonyl (C=O) groups excluding carboxylic acids is 2. The van der Waals surface area contributed by atoms with Crippen LogP contribution in [0, 0.1) is 11.3 Å². The number of ether oxygens (including phenoxy) is 2. The van der Waals surface area contributed by atoms with Crippen molar-refractivity contribution in [2.75, 3.05) is 37.1 Å². The number of aliphatic hydroxyl groups is 1. The third kappa shape index (κ3) is 3.81. The zero-order chi connectivity index (χ0) is 25.4. The molecule has 0 radical (unpaired) electrons. The van der Waals surface area contributed by atoms with E-state index in [4.69, 9.17) is 14.7 Å².